The number of rotatable bonds is 15. The van der Waals surface area contributed by atoms with Gasteiger partial charge in [-0.2, -0.15) is 4.98 Å². The molecule has 1 aromatic rings. The molecule has 0 aliphatic carbocycles. The standard InChI is InChI=1S/C21H37BrN6O4/c1-21(2,3)32-20(31)27-16(18(29)30)10-6-9-12-24-17-15(22)14-26-19(28-17)25-13-8-5-4-7-11-23/h14,16H,4-13,23H2,1-3H3,(H,27,31)(H,29,30)(H2,24,25,26,28)/t16-/m0/s1. The number of nitrogens with zero attached hydrogens (tertiary/aromatic N) is 2. The summed E-state index contributed by atoms with van der Waals surface area (Å²) in [6.07, 6.45) is 6.91. The second-order valence-corrected chi connectivity index (χ2v) is 9.33. The maximum atomic E-state index is 11.8. The first-order valence-corrected chi connectivity index (χ1v) is 11.8. The number of carbonyl (C=O) groups is 2. The van der Waals surface area contributed by atoms with Crippen LogP contribution in [0.4, 0.5) is 16.6 Å². The number of aromatic nitrogens is 2. The Balaban J connectivity index is 2.37. The van der Waals surface area contributed by atoms with Gasteiger partial charge in [-0.3, -0.25) is 0 Å². The third kappa shape index (κ3) is 12.7. The molecule has 0 spiro atoms. The van der Waals surface area contributed by atoms with E-state index in [0.717, 1.165) is 43.2 Å². The van der Waals surface area contributed by atoms with E-state index >= 15 is 0 Å². The highest BCUT2D eigenvalue weighted by Crippen LogP contribution is 2.20. The van der Waals surface area contributed by atoms with Crippen LogP contribution in [-0.2, 0) is 9.53 Å². The molecule has 0 saturated carbocycles. The summed E-state index contributed by atoms with van der Waals surface area (Å²) >= 11 is 3.44. The number of hydrogen-bond acceptors (Lipinski definition) is 8. The molecule has 1 heterocycles. The molecule has 1 amide bonds. The number of carboxylic acids is 1. The van der Waals surface area contributed by atoms with Crippen LogP contribution < -0.4 is 21.7 Å². The first-order valence-electron chi connectivity index (χ1n) is 11.0. The van der Waals surface area contributed by atoms with Crippen molar-refractivity contribution in [3.05, 3.63) is 10.7 Å². The monoisotopic (exact) mass is 516 g/mol. The summed E-state index contributed by atoms with van der Waals surface area (Å²) in [4.78, 5) is 32.0. The van der Waals surface area contributed by atoms with E-state index in [-0.39, 0.29) is 0 Å². The summed E-state index contributed by atoms with van der Waals surface area (Å²) in [5, 5.41) is 18.2. The summed E-state index contributed by atoms with van der Waals surface area (Å²) in [5.74, 6) is 0.149. The van der Waals surface area contributed by atoms with Gasteiger partial charge in [-0.05, 0) is 75.4 Å². The lowest BCUT2D eigenvalue weighted by Gasteiger charge is -2.22. The van der Waals surface area contributed by atoms with Crippen LogP contribution in [0.2, 0.25) is 0 Å². The molecule has 182 valence electrons. The van der Waals surface area contributed by atoms with E-state index in [9.17, 15) is 14.7 Å². The average Bonchev–Trinajstić information content (AvgIpc) is 2.69. The first kappa shape index (κ1) is 27.9. The molecule has 0 radical (unpaired) electrons. The molecule has 0 saturated heterocycles. The number of halogens is 1. The van der Waals surface area contributed by atoms with E-state index in [0.29, 0.717) is 37.6 Å². The molecule has 10 nitrogen and oxygen atoms in total. The lowest BCUT2D eigenvalue weighted by Crippen LogP contribution is -2.43. The Morgan fingerprint density at radius 3 is 2.44 bits per heavy atom. The third-order valence-electron chi connectivity index (χ3n) is 4.36. The second kappa shape index (κ2) is 14.8. The highest BCUT2D eigenvalue weighted by molar-refractivity contribution is 9.10. The molecular formula is C21H37BrN6O4. The molecule has 1 aromatic heterocycles. The molecule has 0 aromatic carbocycles. The fraction of sp³-hybridized carbons (Fsp3) is 0.714. The van der Waals surface area contributed by atoms with E-state index in [1.165, 1.54) is 0 Å². The third-order valence-corrected chi connectivity index (χ3v) is 4.94. The van der Waals surface area contributed by atoms with Gasteiger partial charge in [0.2, 0.25) is 5.95 Å². The summed E-state index contributed by atoms with van der Waals surface area (Å²) in [6.45, 7) is 7.31. The number of carbonyl (C=O) groups excluding carboxylic acids is 1. The number of nitrogens with two attached hydrogens (primary N) is 1. The van der Waals surface area contributed by atoms with Crippen LogP contribution >= 0.6 is 15.9 Å². The Bertz CT molecular complexity index is 714. The number of aliphatic carboxylic acids is 1. The van der Waals surface area contributed by atoms with Crippen LogP contribution in [0, 0.1) is 0 Å². The normalized spacial score (nSPS) is 12.2. The molecule has 32 heavy (non-hydrogen) atoms. The lowest BCUT2D eigenvalue weighted by molar-refractivity contribution is -0.139. The molecule has 1 atom stereocenters. The Morgan fingerprint density at radius 1 is 1.12 bits per heavy atom. The zero-order valence-corrected chi connectivity index (χ0v) is 20.8. The molecule has 1 rings (SSSR count). The number of nitrogens with one attached hydrogen (secondary N) is 3. The molecular weight excluding hydrogens is 480 g/mol. The molecule has 0 fully saturated rings. The van der Waals surface area contributed by atoms with Crippen molar-refractivity contribution in [1.29, 1.82) is 0 Å². The van der Waals surface area contributed by atoms with Crippen molar-refractivity contribution in [3.63, 3.8) is 0 Å². The Hall–Kier alpha value is -2.14. The average molecular weight is 517 g/mol. The van der Waals surface area contributed by atoms with Crippen LogP contribution in [0.3, 0.4) is 0 Å². The molecule has 6 N–H and O–H groups in total. The van der Waals surface area contributed by atoms with Crippen LogP contribution in [0.15, 0.2) is 10.7 Å². The quantitative estimate of drug-likeness (QED) is 0.219. The molecule has 11 heteroatoms. The molecule has 0 unspecified atom stereocenters. The maximum absolute atomic E-state index is 11.8. The smallest absolute Gasteiger partial charge is 0.408 e. The predicted molar refractivity (Wildman–Crippen MR) is 129 cm³/mol. The minimum Gasteiger partial charge on any atom is -0.480 e. The number of anilines is 2. The van der Waals surface area contributed by atoms with E-state index in [1.807, 2.05) is 0 Å². The number of alkyl carbamates (subject to hydrolysis) is 1. The SMILES string of the molecule is CC(C)(C)OC(=O)N[C@@H](CCCCNc1nc(NCCCCCCN)ncc1Br)C(=O)O. The van der Waals surface area contributed by atoms with Gasteiger partial charge in [0.05, 0.1) is 4.47 Å². The van der Waals surface area contributed by atoms with Gasteiger partial charge in [-0.25, -0.2) is 14.6 Å². The van der Waals surface area contributed by atoms with Gasteiger partial charge in [0.15, 0.2) is 0 Å². The largest absolute Gasteiger partial charge is 0.480 e. The number of ether oxygens (including phenoxy) is 1. The summed E-state index contributed by atoms with van der Waals surface area (Å²) < 4.78 is 5.88. The van der Waals surface area contributed by atoms with Crippen LogP contribution in [0.25, 0.3) is 0 Å². The minimum atomic E-state index is -1.08. The van der Waals surface area contributed by atoms with Gasteiger partial charge in [-0.1, -0.05) is 12.8 Å². The van der Waals surface area contributed by atoms with Crippen molar-refractivity contribution in [2.75, 3.05) is 30.3 Å². The Labute approximate surface area is 198 Å². The first-order chi connectivity index (χ1) is 15.1. The zero-order valence-electron chi connectivity index (χ0n) is 19.2. The fourth-order valence-corrected chi connectivity index (χ4v) is 3.12. The van der Waals surface area contributed by atoms with Gasteiger partial charge in [-0.15, -0.1) is 0 Å². The zero-order chi connectivity index (χ0) is 24.0. The van der Waals surface area contributed by atoms with Crippen LogP contribution in [0.1, 0.15) is 65.7 Å². The van der Waals surface area contributed by atoms with Gasteiger partial charge in [0.25, 0.3) is 0 Å². The Morgan fingerprint density at radius 2 is 1.78 bits per heavy atom. The number of carboxylic acid groups (broad SMARTS) is 1. The number of hydrogen-bond donors (Lipinski definition) is 5. The van der Waals surface area contributed by atoms with Gasteiger partial charge < -0.3 is 31.5 Å². The van der Waals surface area contributed by atoms with Crippen molar-refractivity contribution >= 4 is 39.8 Å². The van der Waals surface area contributed by atoms with Crippen molar-refractivity contribution < 1.29 is 19.4 Å². The summed E-state index contributed by atoms with van der Waals surface area (Å²) in [6, 6.07) is -0.990. The lowest BCUT2D eigenvalue weighted by atomic mass is 10.1. The van der Waals surface area contributed by atoms with Crippen LogP contribution in [0.5, 0.6) is 0 Å². The van der Waals surface area contributed by atoms with E-state index in [1.54, 1.807) is 27.0 Å². The summed E-state index contributed by atoms with van der Waals surface area (Å²) in [7, 11) is 0. The maximum Gasteiger partial charge on any atom is 0.408 e. The van der Waals surface area contributed by atoms with Gasteiger partial charge in [0.1, 0.15) is 17.5 Å². The molecule has 0 bridgehead atoms. The topological polar surface area (TPSA) is 151 Å². The van der Waals surface area contributed by atoms with E-state index < -0.39 is 23.7 Å². The second-order valence-electron chi connectivity index (χ2n) is 8.48. The molecule has 0 aliphatic heterocycles. The van der Waals surface area contributed by atoms with Crippen molar-refractivity contribution in [2.24, 2.45) is 5.73 Å². The van der Waals surface area contributed by atoms with E-state index in [4.69, 9.17) is 10.5 Å². The van der Waals surface area contributed by atoms with E-state index in [2.05, 4.69) is 41.8 Å². The predicted octanol–water partition coefficient (Wildman–Crippen LogP) is 3.73. The molecule has 0 aliphatic rings. The minimum absolute atomic E-state index is 0.304. The van der Waals surface area contributed by atoms with Crippen molar-refractivity contribution in [1.82, 2.24) is 15.3 Å². The highest BCUT2D eigenvalue weighted by atomic mass is 79.9. The summed E-state index contributed by atoms with van der Waals surface area (Å²) in [5.41, 5.74) is 4.82. The fourth-order valence-electron chi connectivity index (χ4n) is 2.79. The highest BCUT2D eigenvalue weighted by Gasteiger charge is 2.23. The number of amides is 1. The van der Waals surface area contributed by atoms with Gasteiger partial charge in [0, 0.05) is 19.3 Å². The van der Waals surface area contributed by atoms with Crippen LogP contribution in [-0.4, -0.2) is 58.4 Å². The van der Waals surface area contributed by atoms with Crippen molar-refractivity contribution in [3.8, 4) is 0 Å². The number of unbranched alkanes of at least 4 members (excludes halogenated alkanes) is 4. The Kier molecular flexibility index (Phi) is 12.9. The van der Waals surface area contributed by atoms with Gasteiger partial charge >= 0.3 is 12.1 Å². The van der Waals surface area contributed by atoms with Crippen molar-refractivity contribution in [2.45, 2.75) is 77.4 Å².